The van der Waals surface area contributed by atoms with E-state index >= 15 is 0 Å². The molecule has 0 radical (unpaired) electrons. The summed E-state index contributed by atoms with van der Waals surface area (Å²) < 4.78 is 38.8. The molecule has 2 aliphatic heterocycles. The van der Waals surface area contributed by atoms with Gasteiger partial charge in [0.15, 0.2) is 11.6 Å². The number of anilines is 1. The molecule has 4 rings (SSSR count). The molecular weight excluding hydrogens is 419 g/mol. The first-order valence-corrected chi connectivity index (χ1v) is 12.5. The van der Waals surface area contributed by atoms with Crippen LogP contribution in [0.4, 0.5) is 10.2 Å². The van der Waals surface area contributed by atoms with Crippen molar-refractivity contribution in [3.05, 3.63) is 47.9 Å². The summed E-state index contributed by atoms with van der Waals surface area (Å²) in [6, 6.07) is 8.52. The van der Waals surface area contributed by atoms with Crippen LogP contribution in [0.3, 0.4) is 0 Å². The van der Waals surface area contributed by atoms with Crippen molar-refractivity contribution in [2.24, 2.45) is 0 Å². The minimum Gasteiger partial charge on any atom is -0.334 e. The van der Waals surface area contributed by atoms with Crippen LogP contribution in [0, 0.1) is 5.82 Å². The van der Waals surface area contributed by atoms with Gasteiger partial charge < -0.3 is 9.80 Å². The molecule has 166 valence electrons. The van der Waals surface area contributed by atoms with Crippen molar-refractivity contribution >= 4 is 21.7 Å². The van der Waals surface area contributed by atoms with Crippen LogP contribution in [-0.4, -0.2) is 67.6 Å². The second kappa shape index (κ2) is 8.92. The molecule has 1 N–H and O–H groups in total. The van der Waals surface area contributed by atoms with Crippen LogP contribution in [0.25, 0.3) is 11.1 Å². The zero-order valence-corrected chi connectivity index (χ0v) is 18.4. The maximum Gasteiger partial charge on any atom is 0.254 e. The number of halogens is 1. The van der Waals surface area contributed by atoms with Crippen molar-refractivity contribution in [1.82, 2.24) is 14.8 Å². The number of nitrogens with zero attached hydrogens (tertiary/aromatic N) is 3. The summed E-state index contributed by atoms with van der Waals surface area (Å²) in [5.74, 6) is -1.06. The standard InChI is InChI=1S/C22H27FN4O3S/c1-31(29,30)25-21-20(23)13-18(14-24-21)16-6-8-17(9-7-16)22(28)27-12-4-5-19(27)15-26-10-2-3-11-26/h6-9,13-14,19H,2-5,10-12,15H2,1H3,(H,24,25). The van der Waals surface area contributed by atoms with Crippen molar-refractivity contribution in [1.29, 1.82) is 0 Å². The Balaban J connectivity index is 1.46. The molecule has 1 atom stereocenters. The zero-order chi connectivity index (χ0) is 22.0. The number of likely N-dealkylation sites (tertiary alicyclic amines) is 2. The molecule has 0 saturated carbocycles. The highest BCUT2D eigenvalue weighted by molar-refractivity contribution is 7.92. The molecule has 3 heterocycles. The Hall–Kier alpha value is -2.52. The summed E-state index contributed by atoms with van der Waals surface area (Å²) in [7, 11) is -3.61. The second-order valence-corrected chi connectivity index (χ2v) is 10.1. The maximum atomic E-state index is 14.2. The van der Waals surface area contributed by atoms with Crippen LogP contribution < -0.4 is 4.72 Å². The first-order valence-electron chi connectivity index (χ1n) is 10.6. The van der Waals surface area contributed by atoms with Gasteiger partial charge in [0.1, 0.15) is 0 Å². The van der Waals surface area contributed by atoms with E-state index in [1.807, 2.05) is 9.62 Å². The van der Waals surface area contributed by atoms with Gasteiger partial charge in [-0.3, -0.25) is 9.52 Å². The number of benzene rings is 1. The Morgan fingerprint density at radius 3 is 2.48 bits per heavy atom. The van der Waals surface area contributed by atoms with Crippen molar-refractivity contribution < 1.29 is 17.6 Å². The lowest BCUT2D eigenvalue weighted by molar-refractivity contribution is 0.0709. The van der Waals surface area contributed by atoms with Crippen LogP contribution in [0.1, 0.15) is 36.0 Å². The van der Waals surface area contributed by atoms with E-state index in [1.54, 1.807) is 24.3 Å². The fourth-order valence-electron chi connectivity index (χ4n) is 4.37. The molecule has 0 spiro atoms. The van der Waals surface area contributed by atoms with E-state index in [2.05, 4.69) is 9.88 Å². The van der Waals surface area contributed by atoms with Crippen LogP contribution in [0.5, 0.6) is 0 Å². The van der Waals surface area contributed by atoms with Gasteiger partial charge in [-0.25, -0.2) is 17.8 Å². The number of nitrogens with one attached hydrogen (secondary N) is 1. The van der Waals surface area contributed by atoms with Gasteiger partial charge in [0.05, 0.1) is 6.26 Å². The number of hydrogen-bond acceptors (Lipinski definition) is 5. The molecule has 1 aromatic heterocycles. The van der Waals surface area contributed by atoms with Gasteiger partial charge in [-0.15, -0.1) is 0 Å². The van der Waals surface area contributed by atoms with E-state index in [0.29, 0.717) is 16.7 Å². The van der Waals surface area contributed by atoms with E-state index in [9.17, 15) is 17.6 Å². The lowest BCUT2D eigenvalue weighted by Gasteiger charge is -2.28. The topological polar surface area (TPSA) is 82.6 Å². The second-order valence-electron chi connectivity index (χ2n) is 8.31. The minimum absolute atomic E-state index is 0.0326. The van der Waals surface area contributed by atoms with Crippen molar-refractivity contribution in [2.45, 2.75) is 31.7 Å². The summed E-state index contributed by atoms with van der Waals surface area (Å²) in [6.45, 7) is 3.97. The molecule has 0 bridgehead atoms. The Bertz CT molecular complexity index is 1050. The molecule has 1 amide bonds. The molecule has 1 aromatic carbocycles. The van der Waals surface area contributed by atoms with E-state index in [0.717, 1.165) is 45.3 Å². The average Bonchev–Trinajstić information content (AvgIpc) is 3.41. The predicted molar refractivity (Wildman–Crippen MR) is 118 cm³/mol. The summed E-state index contributed by atoms with van der Waals surface area (Å²) >= 11 is 0. The number of sulfonamides is 1. The molecule has 31 heavy (non-hydrogen) atoms. The highest BCUT2D eigenvalue weighted by Crippen LogP contribution is 2.26. The first kappa shape index (κ1) is 21.7. The minimum atomic E-state index is -3.61. The average molecular weight is 447 g/mol. The van der Waals surface area contributed by atoms with Gasteiger partial charge in [-0.2, -0.15) is 0 Å². The number of amides is 1. The Morgan fingerprint density at radius 1 is 1.13 bits per heavy atom. The van der Waals surface area contributed by atoms with Crippen molar-refractivity contribution in [3.8, 4) is 11.1 Å². The monoisotopic (exact) mass is 446 g/mol. The SMILES string of the molecule is CS(=O)(=O)Nc1ncc(-c2ccc(C(=O)N3CCCC3CN3CCCC3)cc2)cc1F. The Kier molecular flexibility index (Phi) is 6.24. The summed E-state index contributed by atoms with van der Waals surface area (Å²) in [5, 5.41) is 0. The fourth-order valence-corrected chi connectivity index (χ4v) is 4.88. The molecule has 1 unspecified atom stereocenters. The van der Waals surface area contributed by atoms with E-state index < -0.39 is 15.8 Å². The third-order valence-electron chi connectivity index (χ3n) is 5.89. The molecule has 0 aliphatic carbocycles. The highest BCUT2D eigenvalue weighted by Gasteiger charge is 2.31. The summed E-state index contributed by atoms with van der Waals surface area (Å²) in [4.78, 5) is 21.4. The molecule has 2 aliphatic rings. The van der Waals surface area contributed by atoms with Crippen LogP contribution in [-0.2, 0) is 10.0 Å². The molecule has 7 nitrogen and oxygen atoms in total. The smallest absolute Gasteiger partial charge is 0.254 e. The number of carbonyl (C=O) groups is 1. The fraction of sp³-hybridized carbons (Fsp3) is 0.455. The molecule has 2 saturated heterocycles. The van der Waals surface area contributed by atoms with Crippen LogP contribution in [0.2, 0.25) is 0 Å². The Morgan fingerprint density at radius 2 is 1.84 bits per heavy atom. The van der Waals surface area contributed by atoms with Gasteiger partial charge in [0.25, 0.3) is 5.91 Å². The number of aromatic nitrogens is 1. The van der Waals surface area contributed by atoms with Crippen LogP contribution in [0.15, 0.2) is 36.5 Å². The van der Waals surface area contributed by atoms with E-state index in [-0.39, 0.29) is 17.8 Å². The van der Waals surface area contributed by atoms with E-state index in [4.69, 9.17) is 0 Å². The summed E-state index contributed by atoms with van der Waals surface area (Å²) in [5.41, 5.74) is 1.81. The maximum absolute atomic E-state index is 14.2. The molecule has 9 heteroatoms. The molecule has 2 fully saturated rings. The van der Waals surface area contributed by atoms with Crippen molar-refractivity contribution in [2.75, 3.05) is 37.2 Å². The number of hydrogen-bond donors (Lipinski definition) is 1. The normalized spacial score (nSPS) is 19.7. The zero-order valence-electron chi connectivity index (χ0n) is 17.6. The van der Waals surface area contributed by atoms with Gasteiger partial charge in [-0.05, 0) is 62.5 Å². The Labute approximate surface area is 182 Å². The van der Waals surface area contributed by atoms with Gasteiger partial charge in [-0.1, -0.05) is 12.1 Å². The number of pyridine rings is 1. The van der Waals surface area contributed by atoms with Gasteiger partial charge in [0.2, 0.25) is 10.0 Å². The quantitative estimate of drug-likeness (QED) is 0.738. The molecular formula is C22H27FN4O3S. The third-order valence-corrected chi connectivity index (χ3v) is 6.46. The lowest BCUT2D eigenvalue weighted by Crippen LogP contribution is -2.42. The van der Waals surface area contributed by atoms with Gasteiger partial charge >= 0.3 is 0 Å². The van der Waals surface area contributed by atoms with Crippen molar-refractivity contribution in [3.63, 3.8) is 0 Å². The highest BCUT2D eigenvalue weighted by atomic mass is 32.2. The largest absolute Gasteiger partial charge is 0.334 e. The lowest BCUT2D eigenvalue weighted by atomic mass is 10.0. The van der Waals surface area contributed by atoms with Gasteiger partial charge in [0, 0.05) is 36.5 Å². The van der Waals surface area contributed by atoms with E-state index in [1.165, 1.54) is 25.1 Å². The number of rotatable bonds is 6. The van der Waals surface area contributed by atoms with Crippen LogP contribution >= 0.6 is 0 Å². The number of carbonyl (C=O) groups excluding carboxylic acids is 1. The molecule has 2 aromatic rings. The predicted octanol–water partition coefficient (Wildman–Crippen LogP) is 2.96. The summed E-state index contributed by atoms with van der Waals surface area (Å²) in [6.07, 6.45) is 6.89. The first-order chi connectivity index (χ1) is 14.8. The third kappa shape index (κ3) is 5.22.